The number of aliphatic hydroxyl groups excluding tert-OH is 5. The molecule has 0 aliphatic heterocycles. The van der Waals surface area contributed by atoms with Crippen LogP contribution in [0.1, 0.15) is 452 Å². The van der Waals surface area contributed by atoms with Gasteiger partial charge in [-0.2, -0.15) is 0 Å². The van der Waals surface area contributed by atoms with Crippen LogP contribution in [-0.2, 0) is 43.5 Å². The topological polar surface area (TPSA) is 302 Å². The number of carboxylic acid groups (broad SMARTS) is 5. The number of unbranched alkanes of at least 4 members (excludes halogenated alkanes) is 40. The molecule has 0 aliphatic carbocycles. The van der Waals surface area contributed by atoms with Crippen molar-refractivity contribution in [1.82, 2.24) is 0 Å². The van der Waals surface area contributed by atoms with Crippen molar-refractivity contribution in [2.75, 3.05) is 0 Å². The molecule has 107 heavy (non-hydrogen) atoms. The minimum Gasteiger partial charge on any atom is -0.550 e. The molecule has 0 heterocycles. The molecule has 15 nitrogen and oxygen atoms in total. The average molecular weight is 1690 g/mol. The first kappa shape index (κ1) is 118. The maximum atomic E-state index is 10.2. The van der Waals surface area contributed by atoms with Crippen molar-refractivity contribution in [3.05, 3.63) is 60.8 Å². The number of hydrogen-bond donors (Lipinski definition) is 5. The maximum absolute atomic E-state index is 10.2. The molecule has 0 aliphatic rings. The van der Waals surface area contributed by atoms with Crippen molar-refractivity contribution in [2.24, 2.45) is 0 Å². The molecule has 0 radical (unpaired) electrons. The summed E-state index contributed by atoms with van der Waals surface area (Å²) in [6.45, 7) is 11.0. The minimum atomic E-state index is -0.939. The van der Waals surface area contributed by atoms with Crippen LogP contribution in [0.25, 0.3) is 0 Å². The van der Waals surface area contributed by atoms with Crippen LogP contribution in [0, 0.1) is 35.6 Å². The predicted molar refractivity (Wildman–Crippen MR) is 429 cm³/mol. The zero-order valence-electron chi connectivity index (χ0n) is 69.7. The van der Waals surface area contributed by atoms with Gasteiger partial charge in [-0.05, 0) is 193 Å². The SMILES string of the molecule is CCCCCC[C@@H](O)C/C=C\CCCCCCCC(=O)[O-].CCCCCC[C@@H](O)C/C=C\CCCCCCCC(=O)[O-].CCCCCC[C@@H](O)C/C=C\CCCCCCCC(=O)[O-].CCCCCC[C@@H](O)C/C=C\CCCCCCCC(=O)[O-].CCCCCC[C@@H](O)C/C=C\CCCCCCCC(=O)[O-].[La+3].[Zn+2]. The van der Waals surface area contributed by atoms with Crippen LogP contribution < -0.4 is 25.5 Å². The van der Waals surface area contributed by atoms with Gasteiger partial charge >= 0.3 is 55.1 Å². The van der Waals surface area contributed by atoms with E-state index in [9.17, 15) is 75.0 Å². The molecule has 0 saturated heterocycles. The van der Waals surface area contributed by atoms with E-state index in [2.05, 4.69) is 95.4 Å². The Hall–Kier alpha value is -2.33. The Morgan fingerprint density at radius 1 is 0.215 bits per heavy atom. The molecular weight excluding hydrogens is 1530 g/mol. The van der Waals surface area contributed by atoms with Crippen LogP contribution in [0.15, 0.2) is 60.8 Å². The van der Waals surface area contributed by atoms with Crippen LogP contribution in [-0.4, -0.2) is 85.9 Å². The Balaban J connectivity index is -0.000000233. The second-order valence-corrected chi connectivity index (χ2v) is 29.4. The van der Waals surface area contributed by atoms with E-state index in [4.69, 9.17) is 0 Å². The number of rotatable bonds is 75. The molecule has 0 aromatic carbocycles. The van der Waals surface area contributed by atoms with Gasteiger partial charge in [0.25, 0.3) is 0 Å². The third-order valence-corrected chi connectivity index (χ3v) is 18.6. The molecular formula is C90H165LaO15Zn. The normalized spacial score (nSPS) is 12.6. The van der Waals surface area contributed by atoms with E-state index in [-0.39, 0.29) is 118 Å². The third-order valence-electron chi connectivity index (χ3n) is 18.6. The van der Waals surface area contributed by atoms with E-state index in [1.807, 2.05) is 0 Å². The predicted octanol–water partition coefficient (Wildman–Crippen LogP) is 18.7. The molecule has 17 heteroatoms. The van der Waals surface area contributed by atoms with Gasteiger partial charge in [-0.3, -0.25) is 0 Å². The zero-order valence-corrected chi connectivity index (χ0v) is 76.3. The van der Waals surface area contributed by atoms with Crippen molar-refractivity contribution < 1.29 is 130 Å². The van der Waals surface area contributed by atoms with Crippen LogP contribution >= 0.6 is 0 Å². The van der Waals surface area contributed by atoms with Crippen molar-refractivity contribution in [3.63, 3.8) is 0 Å². The van der Waals surface area contributed by atoms with Crippen molar-refractivity contribution in [2.45, 2.75) is 482 Å². The number of aliphatic carboxylic acids is 5. The molecule has 0 saturated carbocycles. The molecule has 0 fully saturated rings. The quantitative estimate of drug-likeness (QED) is 0.0215. The van der Waals surface area contributed by atoms with E-state index < -0.39 is 29.8 Å². The third kappa shape index (κ3) is 125. The Bertz CT molecular complexity index is 1640. The van der Waals surface area contributed by atoms with E-state index >= 15 is 0 Å². The number of allylic oxidation sites excluding steroid dienone is 5. The summed E-state index contributed by atoms with van der Waals surface area (Å²) in [4.78, 5) is 51.1. The van der Waals surface area contributed by atoms with Gasteiger partial charge in [-0.25, -0.2) is 0 Å². The summed E-state index contributed by atoms with van der Waals surface area (Å²) in [5.41, 5.74) is 0. The summed E-state index contributed by atoms with van der Waals surface area (Å²) in [5, 5.41) is 100. The number of hydrogen-bond acceptors (Lipinski definition) is 15. The Labute approximate surface area is 698 Å². The first-order valence-electron chi connectivity index (χ1n) is 43.5. The second kappa shape index (κ2) is 104. The minimum absolute atomic E-state index is 0. The number of carbonyl (C=O) groups is 5. The van der Waals surface area contributed by atoms with E-state index in [0.717, 1.165) is 289 Å². The maximum Gasteiger partial charge on any atom is 3.00 e. The Morgan fingerprint density at radius 2 is 0.346 bits per heavy atom. The van der Waals surface area contributed by atoms with E-state index in [1.165, 1.54) is 96.3 Å². The summed E-state index contributed by atoms with van der Waals surface area (Å²) in [6, 6.07) is 0. The average Bonchev–Trinajstić information content (AvgIpc) is 2.18. The molecule has 5 N–H and O–H groups in total. The fourth-order valence-corrected chi connectivity index (χ4v) is 11.8. The fraction of sp³-hybridized carbons (Fsp3) is 0.833. The summed E-state index contributed by atoms with van der Waals surface area (Å²) < 4.78 is 0. The Kier molecular flexibility index (Phi) is 114. The Morgan fingerprint density at radius 3 is 0.486 bits per heavy atom. The number of carbonyl (C=O) groups excluding carboxylic acids is 5. The van der Waals surface area contributed by atoms with Gasteiger partial charge in [0.05, 0.1) is 30.5 Å². The molecule has 0 aromatic heterocycles. The molecule has 0 spiro atoms. The van der Waals surface area contributed by atoms with E-state index in [0.29, 0.717) is 0 Å². The first-order chi connectivity index (χ1) is 50.8. The van der Waals surface area contributed by atoms with Gasteiger partial charge in [0.15, 0.2) is 0 Å². The molecule has 0 bridgehead atoms. The van der Waals surface area contributed by atoms with Crippen molar-refractivity contribution in [3.8, 4) is 0 Å². The number of aliphatic hydroxyl groups is 5. The first-order valence-corrected chi connectivity index (χ1v) is 43.5. The summed E-state index contributed by atoms with van der Waals surface area (Å²) >= 11 is 0. The molecule has 0 unspecified atom stereocenters. The van der Waals surface area contributed by atoms with Crippen LogP contribution in [0.3, 0.4) is 0 Å². The van der Waals surface area contributed by atoms with Gasteiger partial charge in [-0.15, -0.1) is 0 Å². The summed E-state index contributed by atoms with van der Waals surface area (Å²) in [5.74, 6) is -4.69. The summed E-state index contributed by atoms with van der Waals surface area (Å²) in [6.07, 6.45) is 85.1. The number of carboxylic acids is 5. The fourth-order valence-electron chi connectivity index (χ4n) is 11.8. The van der Waals surface area contributed by atoms with E-state index in [1.54, 1.807) is 0 Å². The monoisotopic (exact) mass is 1690 g/mol. The largest absolute Gasteiger partial charge is 3.00 e. The molecule has 0 rings (SSSR count). The summed E-state index contributed by atoms with van der Waals surface area (Å²) in [7, 11) is 0. The second-order valence-electron chi connectivity index (χ2n) is 29.4. The zero-order chi connectivity index (χ0) is 78.8. The smallest absolute Gasteiger partial charge is 0.550 e. The van der Waals surface area contributed by atoms with Gasteiger partial charge < -0.3 is 75.0 Å². The van der Waals surface area contributed by atoms with Crippen LogP contribution in [0.4, 0.5) is 0 Å². The van der Waals surface area contributed by atoms with Gasteiger partial charge in [0, 0.05) is 29.8 Å². The van der Waals surface area contributed by atoms with Crippen molar-refractivity contribution >= 4 is 29.8 Å². The van der Waals surface area contributed by atoms with Gasteiger partial charge in [0.2, 0.25) is 0 Å². The van der Waals surface area contributed by atoms with Crippen molar-refractivity contribution in [1.29, 1.82) is 0 Å². The molecule has 0 aromatic rings. The standard InChI is InChI=1S/5C18H34O3.La.Zn/c5*1-2-3-4-11-14-17(19)15-12-9-7-5-6-8-10-13-16-18(20)21;;/h5*9,12,17,19H,2-8,10-11,13-16H2,1H3,(H,20,21);;/q;;;;;+3;+2/p-5/b5*12-9-;;/t5*17-;;/m11111../s1. The molecule has 0 amide bonds. The molecule has 5 atom stereocenters. The van der Waals surface area contributed by atoms with Crippen LogP contribution in [0.2, 0.25) is 0 Å². The molecule has 620 valence electrons. The van der Waals surface area contributed by atoms with Gasteiger partial charge in [-0.1, -0.05) is 320 Å². The van der Waals surface area contributed by atoms with Crippen LogP contribution in [0.5, 0.6) is 0 Å². The van der Waals surface area contributed by atoms with Gasteiger partial charge in [0.1, 0.15) is 0 Å².